The lowest BCUT2D eigenvalue weighted by molar-refractivity contribution is 0.0947. The highest BCUT2D eigenvalue weighted by Crippen LogP contribution is 2.15. The van der Waals surface area contributed by atoms with Gasteiger partial charge in [-0.05, 0) is 30.2 Å². The minimum absolute atomic E-state index is 0.0114. The minimum atomic E-state index is -3.73. The van der Waals surface area contributed by atoms with Crippen LogP contribution < -0.4 is 5.32 Å². The molecule has 0 aromatic heterocycles. The first-order valence-electron chi connectivity index (χ1n) is 5.67. The van der Waals surface area contributed by atoms with Crippen molar-refractivity contribution in [3.63, 3.8) is 0 Å². The normalized spacial score (nSPS) is 13.1. The van der Waals surface area contributed by atoms with E-state index in [0.717, 1.165) is 6.42 Å². The van der Waals surface area contributed by atoms with Gasteiger partial charge in [-0.2, -0.15) is 0 Å². The fraction of sp³-hybridized carbons (Fsp3) is 0.417. The number of halogens is 1. The van der Waals surface area contributed by atoms with Crippen molar-refractivity contribution in [1.82, 2.24) is 5.32 Å². The van der Waals surface area contributed by atoms with E-state index in [1.165, 1.54) is 24.3 Å². The van der Waals surface area contributed by atoms with Crippen molar-refractivity contribution < 1.29 is 13.2 Å². The Bertz CT molecular complexity index is 511. The Labute approximate surface area is 112 Å². The predicted molar refractivity (Wildman–Crippen MR) is 71.3 cm³/mol. The predicted octanol–water partition coefficient (Wildman–Crippen LogP) is 2.39. The molecular formula is C12H16ClNO3S. The Morgan fingerprint density at radius 3 is 2.33 bits per heavy atom. The maximum Gasteiger partial charge on any atom is 0.261 e. The average molecular weight is 290 g/mol. The zero-order chi connectivity index (χ0) is 13.8. The van der Waals surface area contributed by atoms with Crippen LogP contribution in [0, 0.1) is 5.92 Å². The number of hydrogen-bond acceptors (Lipinski definition) is 3. The van der Waals surface area contributed by atoms with Gasteiger partial charge in [0.1, 0.15) is 0 Å². The first-order chi connectivity index (χ1) is 8.34. The standard InChI is InChI=1S/C12H16ClNO3S/c1-3-9(2)8-14-12(15)10-4-6-11(7-5-10)18(13,16)17/h4-7,9H,3,8H2,1-2H3,(H,14,15). The van der Waals surface area contributed by atoms with E-state index in [1.54, 1.807) is 0 Å². The molecule has 0 bridgehead atoms. The second-order valence-electron chi connectivity index (χ2n) is 4.19. The van der Waals surface area contributed by atoms with Crippen LogP contribution in [-0.4, -0.2) is 20.9 Å². The highest BCUT2D eigenvalue weighted by atomic mass is 35.7. The monoisotopic (exact) mass is 289 g/mol. The molecule has 0 saturated heterocycles. The van der Waals surface area contributed by atoms with Crippen molar-refractivity contribution in [2.75, 3.05) is 6.54 Å². The number of carbonyl (C=O) groups excluding carboxylic acids is 1. The molecule has 100 valence electrons. The van der Waals surface area contributed by atoms with Gasteiger partial charge in [0, 0.05) is 22.8 Å². The van der Waals surface area contributed by atoms with Gasteiger partial charge in [-0.15, -0.1) is 0 Å². The van der Waals surface area contributed by atoms with E-state index in [1.807, 2.05) is 6.92 Å². The summed E-state index contributed by atoms with van der Waals surface area (Å²) in [6, 6.07) is 5.53. The van der Waals surface area contributed by atoms with Gasteiger partial charge in [-0.25, -0.2) is 8.42 Å². The second kappa shape index (κ2) is 6.20. The molecule has 1 rings (SSSR count). The van der Waals surface area contributed by atoms with Gasteiger partial charge in [0.05, 0.1) is 4.90 Å². The molecule has 0 aliphatic heterocycles. The summed E-state index contributed by atoms with van der Waals surface area (Å²) in [6.07, 6.45) is 0.990. The number of benzene rings is 1. The number of amides is 1. The lowest BCUT2D eigenvalue weighted by atomic mass is 10.1. The van der Waals surface area contributed by atoms with Crippen LogP contribution in [0.3, 0.4) is 0 Å². The third kappa shape index (κ3) is 4.31. The van der Waals surface area contributed by atoms with Gasteiger partial charge in [0.15, 0.2) is 0 Å². The molecule has 4 nitrogen and oxygen atoms in total. The van der Waals surface area contributed by atoms with Crippen LogP contribution in [0.25, 0.3) is 0 Å². The van der Waals surface area contributed by atoms with Crippen molar-refractivity contribution in [2.24, 2.45) is 5.92 Å². The van der Waals surface area contributed by atoms with Crippen molar-refractivity contribution in [3.05, 3.63) is 29.8 Å². The van der Waals surface area contributed by atoms with Crippen LogP contribution >= 0.6 is 10.7 Å². The molecule has 1 atom stereocenters. The van der Waals surface area contributed by atoms with Crippen molar-refractivity contribution in [3.8, 4) is 0 Å². The quantitative estimate of drug-likeness (QED) is 0.847. The van der Waals surface area contributed by atoms with Gasteiger partial charge >= 0.3 is 0 Å². The molecule has 1 aromatic carbocycles. The fourth-order valence-electron chi connectivity index (χ4n) is 1.28. The molecule has 18 heavy (non-hydrogen) atoms. The van der Waals surface area contributed by atoms with Crippen LogP contribution in [0.5, 0.6) is 0 Å². The van der Waals surface area contributed by atoms with Crippen LogP contribution in [0.1, 0.15) is 30.6 Å². The first-order valence-corrected chi connectivity index (χ1v) is 7.98. The zero-order valence-electron chi connectivity index (χ0n) is 10.3. The maximum absolute atomic E-state index is 11.7. The van der Waals surface area contributed by atoms with Crippen LogP contribution in [-0.2, 0) is 9.05 Å². The number of hydrogen-bond donors (Lipinski definition) is 1. The molecule has 0 radical (unpaired) electrons. The molecule has 1 amide bonds. The molecule has 1 aromatic rings. The Morgan fingerprint density at radius 1 is 1.33 bits per heavy atom. The summed E-state index contributed by atoms with van der Waals surface area (Å²) in [5.41, 5.74) is 0.419. The molecule has 0 spiro atoms. The van der Waals surface area contributed by atoms with E-state index in [-0.39, 0.29) is 10.8 Å². The number of rotatable bonds is 5. The second-order valence-corrected chi connectivity index (χ2v) is 6.75. The fourth-order valence-corrected chi connectivity index (χ4v) is 2.05. The summed E-state index contributed by atoms with van der Waals surface area (Å²) >= 11 is 0. The summed E-state index contributed by atoms with van der Waals surface area (Å²) in [4.78, 5) is 11.7. The van der Waals surface area contributed by atoms with E-state index in [0.29, 0.717) is 18.0 Å². The minimum Gasteiger partial charge on any atom is -0.352 e. The first kappa shape index (κ1) is 15.0. The Morgan fingerprint density at radius 2 is 1.89 bits per heavy atom. The molecule has 6 heteroatoms. The van der Waals surface area contributed by atoms with Crippen molar-refractivity contribution in [2.45, 2.75) is 25.2 Å². The van der Waals surface area contributed by atoms with E-state index in [2.05, 4.69) is 12.2 Å². The third-order valence-corrected chi connectivity index (χ3v) is 4.08. The molecule has 1 N–H and O–H groups in total. The van der Waals surface area contributed by atoms with E-state index < -0.39 is 9.05 Å². The maximum atomic E-state index is 11.7. The summed E-state index contributed by atoms with van der Waals surface area (Å²) in [6.45, 7) is 4.70. The lowest BCUT2D eigenvalue weighted by Crippen LogP contribution is -2.28. The van der Waals surface area contributed by atoms with Gasteiger partial charge < -0.3 is 5.32 Å². The number of nitrogens with one attached hydrogen (secondary N) is 1. The summed E-state index contributed by atoms with van der Waals surface area (Å²) in [7, 11) is 1.45. The zero-order valence-corrected chi connectivity index (χ0v) is 11.9. The Kier molecular flexibility index (Phi) is 5.16. The average Bonchev–Trinajstić information content (AvgIpc) is 2.34. The smallest absolute Gasteiger partial charge is 0.261 e. The summed E-state index contributed by atoms with van der Waals surface area (Å²) < 4.78 is 22.1. The Balaban J connectivity index is 2.71. The summed E-state index contributed by atoms with van der Waals surface area (Å²) in [5, 5.41) is 2.79. The highest BCUT2D eigenvalue weighted by molar-refractivity contribution is 8.13. The molecular weight excluding hydrogens is 274 g/mol. The molecule has 0 aliphatic rings. The highest BCUT2D eigenvalue weighted by Gasteiger charge is 2.11. The number of carbonyl (C=O) groups is 1. The Hall–Kier alpha value is -1.07. The van der Waals surface area contributed by atoms with E-state index >= 15 is 0 Å². The molecule has 1 unspecified atom stereocenters. The van der Waals surface area contributed by atoms with Crippen LogP contribution in [0.2, 0.25) is 0 Å². The van der Waals surface area contributed by atoms with Crippen molar-refractivity contribution >= 4 is 25.6 Å². The molecule has 0 aliphatic carbocycles. The van der Waals surface area contributed by atoms with Gasteiger partial charge in [-0.3, -0.25) is 4.79 Å². The lowest BCUT2D eigenvalue weighted by Gasteiger charge is -2.10. The van der Waals surface area contributed by atoms with E-state index in [4.69, 9.17) is 10.7 Å². The SMILES string of the molecule is CCC(C)CNC(=O)c1ccc(S(=O)(=O)Cl)cc1. The molecule has 0 fully saturated rings. The largest absolute Gasteiger partial charge is 0.352 e. The topological polar surface area (TPSA) is 63.2 Å². The molecule has 0 heterocycles. The van der Waals surface area contributed by atoms with Crippen LogP contribution in [0.15, 0.2) is 29.2 Å². The van der Waals surface area contributed by atoms with Gasteiger partial charge in [0.25, 0.3) is 15.0 Å². The molecule has 0 saturated carbocycles. The third-order valence-electron chi connectivity index (χ3n) is 2.71. The summed E-state index contributed by atoms with van der Waals surface area (Å²) in [5.74, 6) is 0.199. The van der Waals surface area contributed by atoms with Gasteiger partial charge in [-0.1, -0.05) is 20.3 Å². The van der Waals surface area contributed by atoms with Crippen molar-refractivity contribution in [1.29, 1.82) is 0 Å². The van der Waals surface area contributed by atoms with Gasteiger partial charge in [0.2, 0.25) is 0 Å². The van der Waals surface area contributed by atoms with Crippen LogP contribution in [0.4, 0.5) is 0 Å². The van der Waals surface area contributed by atoms with E-state index in [9.17, 15) is 13.2 Å².